The maximum Gasteiger partial charge on any atom is 0.282 e. The van der Waals surface area contributed by atoms with Crippen molar-refractivity contribution in [3.8, 4) is 0 Å². The van der Waals surface area contributed by atoms with E-state index in [0.717, 1.165) is 17.5 Å². The SMILES string of the molecule is Cc1ccc(S(=O)(=O)/N=C/CCc2ccccc2)c(C)c1. The first-order chi connectivity index (χ1) is 9.99. The summed E-state index contributed by atoms with van der Waals surface area (Å²) in [5, 5.41) is 0. The van der Waals surface area contributed by atoms with Crippen LogP contribution < -0.4 is 0 Å². The summed E-state index contributed by atoms with van der Waals surface area (Å²) in [6.07, 6.45) is 2.88. The van der Waals surface area contributed by atoms with Crippen LogP contribution in [0, 0.1) is 13.8 Å². The minimum absolute atomic E-state index is 0.282. The summed E-state index contributed by atoms with van der Waals surface area (Å²) in [6.45, 7) is 3.73. The first-order valence-corrected chi connectivity index (χ1v) is 8.33. The van der Waals surface area contributed by atoms with Crippen LogP contribution in [0.4, 0.5) is 0 Å². The Kier molecular flexibility index (Phi) is 4.91. The van der Waals surface area contributed by atoms with Crippen molar-refractivity contribution >= 4 is 16.2 Å². The molecule has 0 N–H and O–H groups in total. The van der Waals surface area contributed by atoms with E-state index >= 15 is 0 Å². The number of nitrogens with zero attached hydrogens (tertiary/aromatic N) is 1. The van der Waals surface area contributed by atoms with Crippen molar-refractivity contribution in [3.05, 3.63) is 65.2 Å². The molecular formula is C17H19NO2S. The molecule has 3 nitrogen and oxygen atoms in total. The van der Waals surface area contributed by atoms with Crippen LogP contribution in [-0.2, 0) is 16.4 Å². The standard InChI is InChI=1S/C17H19NO2S/c1-14-10-11-17(15(2)13-14)21(19,20)18-12-6-9-16-7-4-3-5-8-16/h3-5,7-8,10-13H,6,9H2,1-2H3/b18-12+. The minimum atomic E-state index is -3.59. The van der Waals surface area contributed by atoms with Crippen molar-refractivity contribution in [1.29, 1.82) is 0 Å². The molecule has 2 aromatic carbocycles. The average molecular weight is 301 g/mol. The lowest BCUT2D eigenvalue weighted by Crippen LogP contribution is -2.00. The predicted octanol–water partition coefficient (Wildman–Crippen LogP) is 3.70. The predicted molar refractivity (Wildman–Crippen MR) is 86.4 cm³/mol. The van der Waals surface area contributed by atoms with Gasteiger partial charge in [0.05, 0.1) is 4.90 Å². The van der Waals surface area contributed by atoms with Gasteiger partial charge in [-0.1, -0.05) is 48.0 Å². The molecule has 0 bridgehead atoms. The van der Waals surface area contributed by atoms with Crippen molar-refractivity contribution in [2.24, 2.45) is 4.40 Å². The highest BCUT2D eigenvalue weighted by Gasteiger charge is 2.14. The highest BCUT2D eigenvalue weighted by Crippen LogP contribution is 2.18. The lowest BCUT2D eigenvalue weighted by atomic mass is 10.1. The Morgan fingerprint density at radius 3 is 2.43 bits per heavy atom. The van der Waals surface area contributed by atoms with Gasteiger partial charge in [-0.3, -0.25) is 0 Å². The molecule has 0 fully saturated rings. The molecule has 0 heterocycles. The van der Waals surface area contributed by atoms with Gasteiger partial charge >= 0.3 is 0 Å². The molecular weight excluding hydrogens is 282 g/mol. The zero-order valence-corrected chi connectivity index (χ0v) is 13.1. The third-order valence-electron chi connectivity index (χ3n) is 3.23. The van der Waals surface area contributed by atoms with Crippen molar-refractivity contribution in [1.82, 2.24) is 0 Å². The zero-order chi connectivity index (χ0) is 15.3. The van der Waals surface area contributed by atoms with Crippen LogP contribution in [0.5, 0.6) is 0 Å². The monoisotopic (exact) mass is 301 g/mol. The Labute approximate surface area is 126 Å². The van der Waals surface area contributed by atoms with E-state index in [2.05, 4.69) is 4.40 Å². The molecule has 2 aromatic rings. The second-order valence-corrected chi connectivity index (χ2v) is 6.66. The number of rotatable bonds is 5. The summed E-state index contributed by atoms with van der Waals surface area (Å²) in [6, 6.07) is 15.2. The molecule has 21 heavy (non-hydrogen) atoms. The average Bonchev–Trinajstić information content (AvgIpc) is 2.44. The van der Waals surface area contributed by atoms with E-state index in [9.17, 15) is 8.42 Å². The van der Waals surface area contributed by atoms with E-state index in [1.54, 1.807) is 19.1 Å². The quantitative estimate of drug-likeness (QED) is 0.791. The van der Waals surface area contributed by atoms with Crippen LogP contribution in [0.2, 0.25) is 0 Å². The van der Waals surface area contributed by atoms with Crippen LogP contribution in [0.15, 0.2) is 57.8 Å². The van der Waals surface area contributed by atoms with Crippen LogP contribution in [-0.4, -0.2) is 14.6 Å². The van der Waals surface area contributed by atoms with Crippen LogP contribution in [0.3, 0.4) is 0 Å². The molecule has 0 amide bonds. The van der Waals surface area contributed by atoms with Crippen molar-refractivity contribution in [3.63, 3.8) is 0 Å². The molecule has 0 saturated carbocycles. The molecule has 4 heteroatoms. The summed E-state index contributed by atoms with van der Waals surface area (Å²) in [7, 11) is -3.59. The third-order valence-corrected chi connectivity index (χ3v) is 4.67. The number of sulfonamides is 1. The topological polar surface area (TPSA) is 46.5 Å². The Morgan fingerprint density at radius 1 is 1.05 bits per heavy atom. The molecule has 0 aromatic heterocycles. The van der Waals surface area contributed by atoms with Gasteiger partial charge < -0.3 is 0 Å². The number of hydrogen-bond donors (Lipinski definition) is 0. The van der Waals surface area contributed by atoms with Gasteiger partial charge in [0.15, 0.2) is 0 Å². The van der Waals surface area contributed by atoms with Gasteiger partial charge in [0.1, 0.15) is 0 Å². The highest BCUT2D eigenvalue weighted by molar-refractivity contribution is 7.90. The number of hydrogen-bond acceptors (Lipinski definition) is 2. The minimum Gasteiger partial charge on any atom is -0.199 e. The molecule has 0 spiro atoms. The highest BCUT2D eigenvalue weighted by atomic mass is 32.2. The molecule has 0 atom stereocenters. The summed E-state index contributed by atoms with van der Waals surface area (Å²) in [5.41, 5.74) is 2.95. The zero-order valence-electron chi connectivity index (χ0n) is 12.3. The summed E-state index contributed by atoms with van der Waals surface area (Å²) >= 11 is 0. The molecule has 0 saturated heterocycles. The Bertz CT molecular complexity index is 735. The second-order valence-electron chi connectivity index (χ2n) is 5.06. The number of benzene rings is 2. The van der Waals surface area contributed by atoms with E-state index in [-0.39, 0.29) is 4.90 Å². The van der Waals surface area contributed by atoms with Gasteiger partial charge in [0.2, 0.25) is 0 Å². The van der Waals surface area contributed by atoms with Crippen LogP contribution >= 0.6 is 0 Å². The Morgan fingerprint density at radius 2 is 1.76 bits per heavy atom. The fraction of sp³-hybridized carbons (Fsp3) is 0.235. The van der Waals surface area contributed by atoms with E-state index in [0.29, 0.717) is 6.42 Å². The summed E-state index contributed by atoms with van der Waals surface area (Å²) < 4.78 is 28.1. The lowest BCUT2D eigenvalue weighted by molar-refractivity contribution is 0.597. The molecule has 110 valence electrons. The van der Waals surface area contributed by atoms with E-state index in [1.807, 2.05) is 43.3 Å². The van der Waals surface area contributed by atoms with Crippen molar-refractivity contribution < 1.29 is 8.42 Å². The van der Waals surface area contributed by atoms with Crippen molar-refractivity contribution in [2.75, 3.05) is 0 Å². The van der Waals surface area contributed by atoms with E-state index in [4.69, 9.17) is 0 Å². The maximum atomic E-state index is 12.2. The fourth-order valence-electron chi connectivity index (χ4n) is 2.17. The van der Waals surface area contributed by atoms with Gasteiger partial charge in [-0.2, -0.15) is 12.8 Å². The molecule has 2 rings (SSSR count). The lowest BCUT2D eigenvalue weighted by Gasteiger charge is -2.04. The van der Waals surface area contributed by atoms with E-state index in [1.165, 1.54) is 11.8 Å². The Hall–Kier alpha value is -1.94. The van der Waals surface area contributed by atoms with E-state index < -0.39 is 10.0 Å². The summed E-state index contributed by atoms with van der Waals surface area (Å²) in [4.78, 5) is 0.282. The first-order valence-electron chi connectivity index (χ1n) is 6.89. The molecule has 0 aliphatic rings. The molecule has 0 unspecified atom stereocenters. The largest absolute Gasteiger partial charge is 0.282 e. The van der Waals surface area contributed by atoms with Gasteiger partial charge in [-0.15, -0.1) is 0 Å². The third kappa shape index (κ3) is 4.26. The van der Waals surface area contributed by atoms with Gasteiger partial charge in [-0.05, 0) is 43.9 Å². The first kappa shape index (κ1) is 15.4. The smallest absolute Gasteiger partial charge is 0.199 e. The number of aryl methyl sites for hydroxylation is 3. The summed E-state index contributed by atoms with van der Waals surface area (Å²) in [5.74, 6) is 0. The van der Waals surface area contributed by atoms with Gasteiger partial charge in [0.25, 0.3) is 10.0 Å². The van der Waals surface area contributed by atoms with Crippen LogP contribution in [0.25, 0.3) is 0 Å². The second kappa shape index (κ2) is 6.68. The normalized spacial score (nSPS) is 11.9. The fourth-order valence-corrected chi connectivity index (χ4v) is 3.29. The Balaban J connectivity index is 2.05. The van der Waals surface area contributed by atoms with Gasteiger partial charge in [0, 0.05) is 6.21 Å². The molecule has 0 aliphatic carbocycles. The molecule has 0 radical (unpaired) electrons. The molecule has 0 aliphatic heterocycles. The van der Waals surface area contributed by atoms with Crippen molar-refractivity contribution in [2.45, 2.75) is 31.6 Å². The van der Waals surface area contributed by atoms with Gasteiger partial charge in [-0.25, -0.2) is 0 Å². The van der Waals surface area contributed by atoms with Crippen LogP contribution in [0.1, 0.15) is 23.1 Å². The maximum absolute atomic E-state index is 12.2.